The SMILES string of the molecule is COc1ccc(C(=O)Nc2cnn(Cc3ccc(F)cc3)c2)s1. The monoisotopic (exact) mass is 331 g/mol. The summed E-state index contributed by atoms with van der Waals surface area (Å²) >= 11 is 1.27. The molecule has 3 rings (SSSR count). The number of nitrogens with one attached hydrogen (secondary N) is 1. The lowest BCUT2D eigenvalue weighted by molar-refractivity contribution is 0.103. The summed E-state index contributed by atoms with van der Waals surface area (Å²) in [6.07, 6.45) is 3.30. The normalized spacial score (nSPS) is 10.5. The smallest absolute Gasteiger partial charge is 0.265 e. The van der Waals surface area contributed by atoms with Crippen molar-refractivity contribution < 1.29 is 13.9 Å². The lowest BCUT2D eigenvalue weighted by atomic mass is 10.2. The Balaban J connectivity index is 1.64. The fourth-order valence-electron chi connectivity index (χ4n) is 2.04. The van der Waals surface area contributed by atoms with Gasteiger partial charge in [-0.25, -0.2) is 4.39 Å². The van der Waals surface area contributed by atoms with E-state index in [1.807, 2.05) is 0 Å². The molecule has 2 aromatic heterocycles. The van der Waals surface area contributed by atoms with Crippen LogP contribution in [0.5, 0.6) is 5.06 Å². The van der Waals surface area contributed by atoms with Gasteiger partial charge in [-0.05, 0) is 29.8 Å². The Morgan fingerprint density at radius 2 is 2.09 bits per heavy atom. The number of hydrogen-bond acceptors (Lipinski definition) is 4. The van der Waals surface area contributed by atoms with E-state index in [1.54, 1.807) is 48.5 Å². The van der Waals surface area contributed by atoms with E-state index < -0.39 is 0 Å². The molecule has 0 atom stereocenters. The van der Waals surface area contributed by atoms with Crippen molar-refractivity contribution in [1.29, 1.82) is 0 Å². The Kier molecular flexibility index (Phi) is 4.38. The quantitative estimate of drug-likeness (QED) is 0.780. The number of rotatable bonds is 5. The molecule has 0 radical (unpaired) electrons. The number of carbonyl (C=O) groups is 1. The number of ether oxygens (including phenoxy) is 1. The molecule has 0 saturated heterocycles. The van der Waals surface area contributed by atoms with E-state index in [-0.39, 0.29) is 11.7 Å². The van der Waals surface area contributed by atoms with Gasteiger partial charge in [0.05, 0.1) is 30.4 Å². The van der Waals surface area contributed by atoms with Crippen LogP contribution in [0.3, 0.4) is 0 Å². The zero-order valence-electron chi connectivity index (χ0n) is 12.3. The number of benzene rings is 1. The van der Waals surface area contributed by atoms with Crippen LogP contribution in [0.15, 0.2) is 48.8 Å². The first kappa shape index (κ1) is 15.2. The number of nitrogens with zero attached hydrogens (tertiary/aromatic N) is 2. The molecule has 1 amide bonds. The van der Waals surface area contributed by atoms with E-state index >= 15 is 0 Å². The molecule has 0 aliphatic heterocycles. The third-order valence-corrected chi connectivity index (χ3v) is 4.20. The van der Waals surface area contributed by atoms with Crippen LogP contribution in [-0.2, 0) is 6.54 Å². The minimum Gasteiger partial charge on any atom is -0.487 e. The molecular formula is C16H14FN3O2S. The molecule has 0 saturated carbocycles. The third-order valence-electron chi connectivity index (χ3n) is 3.16. The molecule has 1 aromatic carbocycles. The first-order chi connectivity index (χ1) is 11.1. The standard InChI is InChI=1S/C16H14FN3O2S/c1-22-15-7-6-14(23-15)16(21)19-13-8-18-20(10-13)9-11-2-4-12(17)5-3-11/h2-8,10H,9H2,1H3,(H,19,21). The molecule has 118 valence electrons. The van der Waals surface area contributed by atoms with E-state index in [9.17, 15) is 9.18 Å². The summed E-state index contributed by atoms with van der Waals surface area (Å²) in [5.41, 5.74) is 1.53. The lowest BCUT2D eigenvalue weighted by Crippen LogP contribution is -2.09. The number of amides is 1. The van der Waals surface area contributed by atoms with E-state index in [4.69, 9.17) is 4.74 Å². The van der Waals surface area contributed by atoms with Crippen LogP contribution in [0, 0.1) is 5.82 Å². The van der Waals surface area contributed by atoms with Gasteiger partial charge in [0.15, 0.2) is 5.06 Å². The van der Waals surface area contributed by atoms with Crippen LogP contribution in [0.4, 0.5) is 10.1 Å². The number of halogens is 1. The van der Waals surface area contributed by atoms with Crippen molar-refractivity contribution >= 4 is 22.9 Å². The summed E-state index contributed by atoms with van der Waals surface area (Å²) in [5, 5.41) is 7.65. The number of hydrogen-bond donors (Lipinski definition) is 1. The Morgan fingerprint density at radius 3 is 2.78 bits per heavy atom. The zero-order chi connectivity index (χ0) is 16.2. The van der Waals surface area contributed by atoms with Gasteiger partial charge in [-0.15, -0.1) is 0 Å². The van der Waals surface area contributed by atoms with Crippen molar-refractivity contribution in [2.75, 3.05) is 12.4 Å². The highest BCUT2D eigenvalue weighted by Crippen LogP contribution is 2.24. The van der Waals surface area contributed by atoms with Crippen molar-refractivity contribution in [2.24, 2.45) is 0 Å². The van der Waals surface area contributed by atoms with E-state index in [2.05, 4.69) is 10.4 Å². The zero-order valence-corrected chi connectivity index (χ0v) is 13.1. The van der Waals surface area contributed by atoms with Gasteiger partial charge in [0.2, 0.25) is 0 Å². The van der Waals surface area contributed by atoms with Gasteiger partial charge in [-0.1, -0.05) is 23.5 Å². The van der Waals surface area contributed by atoms with Gasteiger partial charge in [-0.2, -0.15) is 5.10 Å². The second-order valence-electron chi connectivity index (χ2n) is 4.83. The fourth-order valence-corrected chi connectivity index (χ4v) is 2.75. The minimum atomic E-state index is -0.270. The summed E-state index contributed by atoms with van der Waals surface area (Å²) in [6.45, 7) is 0.503. The first-order valence-corrected chi connectivity index (χ1v) is 7.68. The summed E-state index contributed by atoms with van der Waals surface area (Å²) < 4.78 is 19.6. The van der Waals surface area contributed by atoms with E-state index in [0.717, 1.165) is 5.56 Å². The maximum absolute atomic E-state index is 12.9. The molecule has 3 aromatic rings. The molecule has 0 aliphatic rings. The minimum absolute atomic E-state index is 0.209. The molecule has 0 spiro atoms. The second kappa shape index (κ2) is 6.62. The molecule has 1 N–H and O–H groups in total. The number of aromatic nitrogens is 2. The molecule has 7 heteroatoms. The Labute approximate surface area is 136 Å². The molecule has 2 heterocycles. The average molecular weight is 331 g/mol. The Morgan fingerprint density at radius 1 is 1.30 bits per heavy atom. The summed E-state index contributed by atoms with van der Waals surface area (Å²) in [7, 11) is 1.56. The van der Waals surface area contributed by atoms with Crippen LogP contribution >= 0.6 is 11.3 Å². The van der Waals surface area contributed by atoms with Crippen molar-refractivity contribution in [2.45, 2.75) is 6.54 Å². The van der Waals surface area contributed by atoms with Crippen LogP contribution in [0.25, 0.3) is 0 Å². The number of methoxy groups -OCH3 is 1. The predicted octanol–water partition coefficient (Wildman–Crippen LogP) is 3.39. The number of thiophene rings is 1. The van der Waals surface area contributed by atoms with Gasteiger partial charge in [0.25, 0.3) is 5.91 Å². The van der Waals surface area contributed by atoms with Crippen LogP contribution in [0.2, 0.25) is 0 Å². The second-order valence-corrected chi connectivity index (χ2v) is 5.88. The molecule has 5 nitrogen and oxygen atoms in total. The van der Waals surface area contributed by atoms with Crippen molar-refractivity contribution in [3.63, 3.8) is 0 Å². The topological polar surface area (TPSA) is 56.1 Å². The highest BCUT2D eigenvalue weighted by molar-refractivity contribution is 7.15. The molecule has 0 fully saturated rings. The predicted molar refractivity (Wildman–Crippen MR) is 86.6 cm³/mol. The molecular weight excluding hydrogens is 317 g/mol. The molecule has 0 bridgehead atoms. The molecule has 0 aliphatic carbocycles. The van der Waals surface area contributed by atoms with Gasteiger partial charge in [0.1, 0.15) is 5.82 Å². The van der Waals surface area contributed by atoms with Gasteiger partial charge >= 0.3 is 0 Å². The van der Waals surface area contributed by atoms with Crippen molar-refractivity contribution in [1.82, 2.24) is 9.78 Å². The number of carbonyl (C=O) groups excluding carboxylic acids is 1. The highest BCUT2D eigenvalue weighted by Gasteiger charge is 2.11. The first-order valence-electron chi connectivity index (χ1n) is 6.86. The third kappa shape index (κ3) is 3.75. The van der Waals surface area contributed by atoms with Crippen molar-refractivity contribution in [3.8, 4) is 5.06 Å². The Bertz CT molecular complexity index is 811. The fraction of sp³-hybridized carbons (Fsp3) is 0.125. The number of anilines is 1. The van der Waals surface area contributed by atoms with Crippen LogP contribution in [0.1, 0.15) is 15.2 Å². The van der Waals surface area contributed by atoms with Crippen molar-refractivity contribution in [3.05, 3.63) is 65.0 Å². The van der Waals surface area contributed by atoms with E-state index in [0.29, 0.717) is 22.2 Å². The molecule has 0 unspecified atom stereocenters. The maximum Gasteiger partial charge on any atom is 0.265 e. The highest BCUT2D eigenvalue weighted by atomic mass is 32.1. The average Bonchev–Trinajstić information content (AvgIpc) is 3.19. The van der Waals surface area contributed by atoms with Crippen LogP contribution in [-0.4, -0.2) is 22.8 Å². The summed E-state index contributed by atoms with van der Waals surface area (Å²) in [6, 6.07) is 9.68. The summed E-state index contributed by atoms with van der Waals surface area (Å²) in [4.78, 5) is 12.7. The maximum atomic E-state index is 12.9. The van der Waals surface area contributed by atoms with Gasteiger partial charge in [-0.3, -0.25) is 9.48 Å². The molecule has 23 heavy (non-hydrogen) atoms. The van der Waals surface area contributed by atoms with Crippen LogP contribution < -0.4 is 10.1 Å². The largest absolute Gasteiger partial charge is 0.487 e. The summed E-state index contributed by atoms with van der Waals surface area (Å²) in [5.74, 6) is -0.479. The van der Waals surface area contributed by atoms with E-state index in [1.165, 1.54) is 23.5 Å². The van der Waals surface area contributed by atoms with Gasteiger partial charge in [0, 0.05) is 6.20 Å². The lowest BCUT2D eigenvalue weighted by Gasteiger charge is -2.02. The Hall–Kier alpha value is -2.67. The van der Waals surface area contributed by atoms with Gasteiger partial charge < -0.3 is 10.1 Å².